The van der Waals surface area contributed by atoms with Crippen LogP contribution in [0.5, 0.6) is 0 Å². The van der Waals surface area contributed by atoms with Gasteiger partial charge in [0.25, 0.3) is 0 Å². The molecule has 0 aromatic heterocycles. The third kappa shape index (κ3) is 5.63. The molecule has 0 aromatic rings. The summed E-state index contributed by atoms with van der Waals surface area (Å²) < 4.78 is 21.1. The van der Waals surface area contributed by atoms with Crippen molar-refractivity contribution < 1.29 is 22.8 Å². The summed E-state index contributed by atoms with van der Waals surface area (Å²) in [6.45, 7) is 5.96. The lowest BCUT2D eigenvalue weighted by Gasteiger charge is -2.27. The van der Waals surface area contributed by atoms with E-state index in [9.17, 15) is 4.79 Å². The van der Waals surface area contributed by atoms with Crippen molar-refractivity contribution in [2.45, 2.75) is 26.8 Å². The van der Waals surface area contributed by atoms with Gasteiger partial charge in [-0.1, -0.05) is 20.8 Å². The molecule has 0 saturated heterocycles. The van der Waals surface area contributed by atoms with Crippen molar-refractivity contribution in [3.8, 4) is 0 Å². The Kier molecular flexibility index (Phi) is 7.61. The Balaban J connectivity index is 4.15. The van der Waals surface area contributed by atoms with Crippen LogP contribution in [0, 0.1) is 11.8 Å². The second-order valence-corrected chi connectivity index (χ2v) is 7.39. The van der Waals surface area contributed by atoms with Crippen molar-refractivity contribution in [2.24, 2.45) is 11.8 Å². The van der Waals surface area contributed by atoms with Gasteiger partial charge >= 0.3 is 14.8 Å². The highest BCUT2D eigenvalue weighted by molar-refractivity contribution is 6.60. The molecule has 6 heteroatoms. The fourth-order valence-corrected chi connectivity index (χ4v) is 3.35. The van der Waals surface area contributed by atoms with E-state index in [2.05, 4.69) is 0 Å². The van der Waals surface area contributed by atoms with Gasteiger partial charge in [0.1, 0.15) is 0 Å². The lowest BCUT2D eigenvalue weighted by Crippen LogP contribution is -2.44. The van der Waals surface area contributed by atoms with Gasteiger partial charge in [-0.25, -0.2) is 0 Å². The van der Waals surface area contributed by atoms with Crippen LogP contribution in [0.1, 0.15) is 20.8 Å². The molecule has 1 atom stereocenters. The largest absolute Gasteiger partial charge is 0.500 e. The molecule has 0 aromatic carbocycles. The van der Waals surface area contributed by atoms with Crippen LogP contribution in [0.3, 0.4) is 0 Å². The zero-order valence-corrected chi connectivity index (χ0v) is 12.6. The van der Waals surface area contributed by atoms with Crippen LogP contribution in [0.4, 0.5) is 0 Å². The van der Waals surface area contributed by atoms with Gasteiger partial charge in [-0.3, -0.25) is 4.79 Å². The Hall–Kier alpha value is -0.433. The molecule has 0 rings (SSSR count). The molecule has 0 aliphatic heterocycles. The Morgan fingerprint density at radius 3 is 1.88 bits per heavy atom. The maximum absolute atomic E-state index is 11.3. The van der Waals surface area contributed by atoms with E-state index in [-0.39, 0.29) is 17.8 Å². The van der Waals surface area contributed by atoms with E-state index >= 15 is 0 Å². The van der Waals surface area contributed by atoms with Gasteiger partial charge in [-0.05, 0) is 5.92 Å². The molecule has 0 fully saturated rings. The molecule has 17 heavy (non-hydrogen) atoms. The van der Waals surface area contributed by atoms with Crippen LogP contribution in [0.25, 0.3) is 0 Å². The van der Waals surface area contributed by atoms with Crippen molar-refractivity contribution >= 4 is 14.8 Å². The minimum Gasteiger partial charge on any atom is -0.465 e. The fraction of sp³-hybridized carbons (Fsp3) is 0.909. The molecule has 0 N–H and O–H groups in total. The second kappa shape index (κ2) is 7.81. The number of hydrogen-bond donors (Lipinski definition) is 0. The van der Waals surface area contributed by atoms with Gasteiger partial charge in [-0.2, -0.15) is 0 Å². The van der Waals surface area contributed by atoms with Gasteiger partial charge in [0.15, 0.2) is 0 Å². The average Bonchev–Trinajstić information content (AvgIpc) is 2.33. The van der Waals surface area contributed by atoms with E-state index in [1.165, 1.54) is 0 Å². The Morgan fingerprint density at radius 2 is 1.53 bits per heavy atom. The molecule has 1 unspecified atom stereocenters. The molecule has 0 saturated carbocycles. The van der Waals surface area contributed by atoms with Gasteiger partial charge in [0, 0.05) is 27.4 Å². The van der Waals surface area contributed by atoms with E-state index in [4.69, 9.17) is 18.0 Å². The van der Waals surface area contributed by atoms with Crippen LogP contribution in [-0.2, 0) is 22.8 Å². The number of carbonyl (C=O) groups excluding carboxylic acids is 1. The summed E-state index contributed by atoms with van der Waals surface area (Å²) in [5.74, 6) is -0.142. The lowest BCUT2D eigenvalue weighted by atomic mass is 10.2. The minimum atomic E-state index is -2.57. The molecule has 0 aliphatic carbocycles. The molecular weight excluding hydrogens is 240 g/mol. The Bertz CT molecular complexity index is 220. The molecule has 5 nitrogen and oxygen atoms in total. The Labute approximate surface area is 105 Å². The van der Waals surface area contributed by atoms with Gasteiger partial charge < -0.3 is 18.0 Å². The average molecular weight is 264 g/mol. The molecule has 0 amide bonds. The van der Waals surface area contributed by atoms with E-state index in [1.54, 1.807) is 21.3 Å². The predicted octanol–water partition coefficient (Wildman–Crippen LogP) is 1.70. The standard InChI is InChI=1S/C11H24O5Si/c1-9(2)11(12)16-7-10(3)8-17(13-4,14-5)15-6/h9-10H,7-8H2,1-6H3. The van der Waals surface area contributed by atoms with Gasteiger partial charge in [0.05, 0.1) is 12.5 Å². The predicted molar refractivity (Wildman–Crippen MR) is 66.5 cm³/mol. The molecule has 102 valence electrons. The molecule has 0 spiro atoms. The summed E-state index contributed by atoms with van der Waals surface area (Å²) in [7, 11) is 2.16. The zero-order chi connectivity index (χ0) is 13.5. The summed E-state index contributed by atoms with van der Waals surface area (Å²) in [4.78, 5) is 11.3. The number of rotatable bonds is 8. The maximum atomic E-state index is 11.3. The monoisotopic (exact) mass is 264 g/mol. The van der Waals surface area contributed by atoms with Crippen molar-refractivity contribution in [1.29, 1.82) is 0 Å². The van der Waals surface area contributed by atoms with E-state index in [0.29, 0.717) is 12.7 Å². The summed E-state index contributed by atoms with van der Waals surface area (Å²) in [6, 6.07) is 0.627. The smallest absolute Gasteiger partial charge is 0.465 e. The van der Waals surface area contributed by atoms with Crippen LogP contribution in [0.2, 0.25) is 6.04 Å². The van der Waals surface area contributed by atoms with Crippen LogP contribution in [0.15, 0.2) is 0 Å². The summed E-state index contributed by atoms with van der Waals surface area (Å²) in [6.07, 6.45) is 0. The topological polar surface area (TPSA) is 54.0 Å². The minimum absolute atomic E-state index is 0.100. The maximum Gasteiger partial charge on any atom is 0.500 e. The van der Waals surface area contributed by atoms with Gasteiger partial charge in [-0.15, -0.1) is 0 Å². The number of esters is 1. The molecule has 0 heterocycles. The van der Waals surface area contributed by atoms with Crippen molar-refractivity contribution in [2.75, 3.05) is 27.9 Å². The number of ether oxygens (including phenoxy) is 1. The van der Waals surface area contributed by atoms with E-state index in [0.717, 1.165) is 0 Å². The highest BCUT2D eigenvalue weighted by atomic mass is 28.4. The fourth-order valence-electron chi connectivity index (χ4n) is 1.38. The molecular formula is C11H24O5Si. The van der Waals surface area contributed by atoms with Crippen molar-refractivity contribution in [1.82, 2.24) is 0 Å². The summed E-state index contributed by atoms with van der Waals surface area (Å²) >= 11 is 0. The molecule has 0 aliphatic rings. The highest BCUT2D eigenvalue weighted by Gasteiger charge is 2.39. The first-order chi connectivity index (χ1) is 7.90. The zero-order valence-electron chi connectivity index (χ0n) is 11.6. The van der Waals surface area contributed by atoms with Crippen LogP contribution < -0.4 is 0 Å². The summed E-state index contributed by atoms with van der Waals surface area (Å²) in [5, 5.41) is 0. The van der Waals surface area contributed by atoms with E-state index < -0.39 is 8.80 Å². The first kappa shape index (κ1) is 16.6. The highest BCUT2D eigenvalue weighted by Crippen LogP contribution is 2.19. The quantitative estimate of drug-likeness (QED) is 0.493. The van der Waals surface area contributed by atoms with Crippen LogP contribution >= 0.6 is 0 Å². The van der Waals surface area contributed by atoms with E-state index in [1.807, 2.05) is 20.8 Å². The summed E-state index contributed by atoms with van der Waals surface area (Å²) in [5.41, 5.74) is 0. The normalized spacial score (nSPS) is 13.8. The molecule has 0 bridgehead atoms. The third-order valence-corrected chi connectivity index (χ3v) is 5.58. The van der Waals surface area contributed by atoms with Crippen molar-refractivity contribution in [3.63, 3.8) is 0 Å². The number of hydrogen-bond acceptors (Lipinski definition) is 5. The first-order valence-electron chi connectivity index (χ1n) is 5.72. The van der Waals surface area contributed by atoms with Gasteiger partial charge in [0.2, 0.25) is 0 Å². The number of carbonyl (C=O) groups is 1. The second-order valence-electron chi connectivity index (χ2n) is 4.39. The third-order valence-electron chi connectivity index (χ3n) is 2.51. The van der Waals surface area contributed by atoms with Crippen molar-refractivity contribution in [3.05, 3.63) is 0 Å². The molecule has 0 radical (unpaired) electrons. The van der Waals surface area contributed by atoms with Crippen LogP contribution in [-0.4, -0.2) is 42.7 Å². The lowest BCUT2D eigenvalue weighted by molar-refractivity contribution is -0.148. The Morgan fingerprint density at radius 1 is 1.06 bits per heavy atom. The SMILES string of the molecule is CO[Si](CC(C)COC(=O)C(C)C)(OC)OC. The first-order valence-corrected chi connectivity index (χ1v) is 7.66.